The number of hydrogen-bond acceptors (Lipinski definition) is 5. The summed E-state index contributed by atoms with van der Waals surface area (Å²) in [6.45, 7) is 1.53. The molecule has 1 atom stereocenters. The first kappa shape index (κ1) is 13.5. The van der Waals surface area contributed by atoms with Gasteiger partial charge in [0.25, 0.3) is 0 Å². The molecule has 5 nitrogen and oxygen atoms in total. The molecule has 0 saturated carbocycles. The van der Waals surface area contributed by atoms with Crippen LogP contribution < -0.4 is 14.4 Å². The van der Waals surface area contributed by atoms with E-state index >= 15 is 0 Å². The maximum Gasteiger partial charge on any atom is 0.310 e. The lowest BCUT2D eigenvalue weighted by atomic mass is 10.1. The van der Waals surface area contributed by atoms with Crippen molar-refractivity contribution in [1.82, 2.24) is 0 Å². The van der Waals surface area contributed by atoms with Crippen molar-refractivity contribution in [3.05, 3.63) is 18.2 Å². The summed E-state index contributed by atoms with van der Waals surface area (Å²) in [5.41, 5.74) is 1.03. The van der Waals surface area contributed by atoms with E-state index in [9.17, 15) is 4.79 Å². The summed E-state index contributed by atoms with van der Waals surface area (Å²) in [6, 6.07) is 5.78. The van der Waals surface area contributed by atoms with Crippen LogP contribution in [0.3, 0.4) is 0 Å². The highest BCUT2D eigenvalue weighted by molar-refractivity contribution is 5.74. The quantitative estimate of drug-likeness (QED) is 0.776. The van der Waals surface area contributed by atoms with E-state index in [2.05, 4.69) is 4.90 Å². The SMILES string of the molecule is COC(=O)C1CCN(c2ccc(OC)c(OC)c2)C1. The summed E-state index contributed by atoms with van der Waals surface area (Å²) in [5, 5.41) is 0. The molecule has 0 radical (unpaired) electrons. The first-order valence-corrected chi connectivity index (χ1v) is 6.24. The summed E-state index contributed by atoms with van der Waals surface area (Å²) < 4.78 is 15.3. The number of methoxy groups -OCH3 is 3. The molecule has 1 saturated heterocycles. The molecular formula is C14H19NO4. The molecule has 1 aliphatic heterocycles. The van der Waals surface area contributed by atoms with Gasteiger partial charge in [-0.05, 0) is 18.6 Å². The van der Waals surface area contributed by atoms with Crippen LogP contribution in [0.2, 0.25) is 0 Å². The van der Waals surface area contributed by atoms with Gasteiger partial charge in [-0.1, -0.05) is 0 Å². The molecule has 1 fully saturated rings. The van der Waals surface area contributed by atoms with Gasteiger partial charge in [0.15, 0.2) is 11.5 Å². The van der Waals surface area contributed by atoms with Crippen LogP contribution in [0.1, 0.15) is 6.42 Å². The third kappa shape index (κ3) is 2.75. The van der Waals surface area contributed by atoms with E-state index in [0.717, 1.165) is 18.7 Å². The average Bonchev–Trinajstić information content (AvgIpc) is 2.95. The summed E-state index contributed by atoms with van der Waals surface area (Å²) >= 11 is 0. The number of hydrogen-bond donors (Lipinski definition) is 0. The molecule has 0 spiro atoms. The predicted molar refractivity (Wildman–Crippen MR) is 71.9 cm³/mol. The normalized spacial score (nSPS) is 18.3. The van der Waals surface area contributed by atoms with Crippen LogP contribution in [-0.4, -0.2) is 40.4 Å². The zero-order chi connectivity index (χ0) is 13.8. The Hall–Kier alpha value is -1.91. The Bertz CT molecular complexity index is 461. The zero-order valence-electron chi connectivity index (χ0n) is 11.5. The summed E-state index contributed by atoms with van der Waals surface area (Å²) in [7, 11) is 4.66. The highest BCUT2D eigenvalue weighted by atomic mass is 16.5. The van der Waals surface area contributed by atoms with Crippen molar-refractivity contribution in [2.45, 2.75) is 6.42 Å². The van der Waals surface area contributed by atoms with Gasteiger partial charge in [0.2, 0.25) is 0 Å². The minimum Gasteiger partial charge on any atom is -0.493 e. The first-order chi connectivity index (χ1) is 9.19. The van der Waals surface area contributed by atoms with Crippen LogP contribution in [-0.2, 0) is 9.53 Å². The van der Waals surface area contributed by atoms with Crippen molar-refractivity contribution in [3.8, 4) is 11.5 Å². The van der Waals surface area contributed by atoms with Crippen molar-refractivity contribution in [2.24, 2.45) is 5.92 Å². The van der Waals surface area contributed by atoms with E-state index in [-0.39, 0.29) is 11.9 Å². The Morgan fingerprint density at radius 2 is 1.95 bits per heavy atom. The Balaban J connectivity index is 2.13. The van der Waals surface area contributed by atoms with Gasteiger partial charge in [0.05, 0.1) is 27.2 Å². The van der Waals surface area contributed by atoms with Crippen LogP contribution >= 0.6 is 0 Å². The highest BCUT2D eigenvalue weighted by Gasteiger charge is 2.29. The van der Waals surface area contributed by atoms with Crippen molar-refractivity contribution in [3.63, 3.8) is 0 Å². The zero-order valence-corrected chi connectivity index (χ0v) is 11.5. The number of nitrogens with zero attached hydrogens (tertiary/aromatic N) is 1. The Morgan fingerprint density at radius 1 is 1.21 bits per heavy atom. The number of rotatable bonds is 4. The molecule has 1 aromatic rings. The van der Waals surface area contributed by atoms with Gasteiger partial charge in [0.1, 0.15) is 0 Å². The van der Waals surface area contributed by atoms with Crippen LogP contribution in [0, 0.1) is 5.92 Å². The molecule has 0 N–H and O–H groups in total. The Kier molecular flexibility index (Phi) is 4.14. The Morgan fingerprint density at radius 3 is 2.58 bits per heavy atom. The van der Waals surface area contributed by atoms with Gasteiger partial charge >= 0.3 is 5.97 Å². The summed E-state index contributed by atoms with van der Waals surface area (Å²) in [6.07, 6.45) is 0.820. The van der Waals surface area contributed by atoms with Crippen molar-refractivity contribution in [2.75, 3.05) is 39.3 Å². The van der Waals surface area contributed by atoms with E-state index in [0.29, 0.717) is 18.0 Å². The molecule has 0 aromatic heterocycles. The van der Waals surface area contributed by atoms with E-state index in [1.807, 2.05) is 18.2 Å². The van der Waals surface area contributed by atoms with Crippen molar-refractivity contribution >= 4 is 11.7 Å². The second kappa shape index (κ2) is 5.82. The molecule has 1 aliphatic rings. The molecule has 5 heteroatoms. The third-order valence-electron chi connectivity index (χ3n) is 3.46. The van der Waals surface area contributed by atoms with Crippen molar-refractivity contribution < 1.29 is 19.0 Å². The van der Waals surface area contributed by atoms with Crippen LogP contribution in [0.25, 0.3) is 0 Å². The van der Waals surface area contributed by atoms with Crippen molar-refractivity contribution in [1.29, 1.82) is 0 Å². The lowest BCUT2D eigenvalue weighted by Gasteiger charge is -2.19. The highest BCUT2D eigenvalue weighted by Crippen LogP contribution is 2.33. The van der Waals surface area contributed by atoms with Gasteiger partial charge in [-0.2, -0.15) is 0 Å². The molecule has 1 heterocycles. The average molecular weight is 265 g/mol. The smallest absolute Gasteiger partial charge is 0.310 e. The van der Waals surface area contributed by atoms with E-state index < -0.39 is 0 Å². The monoisotopic (exact) mass is 265 g/mol. The van der Waals surface area contributed by atoms with Crippen LogP contribution in [0.4, 0.5) is 5.69 Å². The summed E-state index contributed by atoms with van der Waals surface area (Å²) in [5.74, 6) is 1.22. The minimum atomic E-state index is -0.136. The molecule has 1 aromatic carbocycles. The van der Waals surface area contributed by atoms with E-state index in [4.69, 9.17) is 14.2 Å². The molecule has 1 unspecified atom stereocenters. The van der Waals surface area contributed by atoms with Crippen LogP contribution in [0.5, 0.6) is 11.5 Å². The fraction of sp³-hybridized carbons (Fsp3) is 0.500. The number of carbonyl (C=O) groups is 1. The lowest BCUT2D eigenvalue weighted by molar-refractivity contribution is -0.144. The minimum absolute atomic E-state index is 0.0434. The van der Waals surface area contributed by atoms with Gasteiger partial charge < -0.3 is 19.1 Å². The molecular weight excluding hydrogens is 246 g/mol. The predicted octanol–water partition coefficient (Wildman–Crippen LogP) is 1.70. The number of carbonyl (C=O) groups excluding carboxylic acids is 1. The molecule has 19 heavy (non-hydrogen) atoms. The van der Waals surface area contributed by atoms with E-state index in [1.165, 1.54) is 7.11 Å². The number of anilines is 1. The lowest BCUT2D eigenvalue weighted by Crippen LogP contribution is -2.23. The fourth-order valence-corrected chi connectivity index (χ4v) is 2.38. The second-order valence-corrected chi connectivity index (χ2v) is 4.49. The summed E-state index contributed by atoms with van der Waals surface area (Å²) in [4.78, 5) is 13.7. The Labute approximate surface area is 113 Å². The van der Waals surface area contributed by atoms with Gasteiger partial charge in [0, 0.05) is 24.8 Å². The van der Waals surface area contributed by atoms with Crippen LogP contribution in [0.15, 0.2) is 18.2 Å². The maximum absolute atomic E-state index is 11.5. The molecule has 0 aliphatic carbocycles. The topological polar surface area (TPSA) is 48.0 Å². The van der Waals surface area contributed by atoms with Gasteiger partial charge in [-0.3, -0.25) is 4.79 Å². The van der Waals surface area contributed by atoms with Gasteiger partial charge in [-0.25, -0.2) is 0 Å². The maximum atomic E-state index is 11.5. The van der Waals surface area contributed by atoms with Gasteiger partial charge in [-0.15, -0.1) is 0 Å². The molecule has 0 bridgehead atoms. The fourth-order valence-electron chi connectivity index (χ4n) is 2.38. The number of benzene rings is 1. The van der Waals surface area contributed by atoms with E-state index in [1.54, 1.807) is 14.2 Å². The third-order valence-corrected chi connectivity index (χ3v) is 3.46. The number of esters is 1. The first-order valence-electron chi connectivity index (χ1n) is 6.24. The second-order valence-electron chi connectivity index (χ2n) is 4.49. The molecule has 104 valence electrons. The standard InChI is InChI=1S/C14H19NO4/c1-17-12-5-4-11(8-13(12)18-2)15-7-6-10(9-15)14(16)19-3/h4-5,8,10H,6-7,9H2,1-3H3. The largest absolute Gasteiger partial charge is 0.493 e. The number of ether oxygens (including phenoxy) is 3. The molecule has 2 rings (SSSR count). The molecule has 0 amide bonds.